The predicted molar refractivity (Wildman–Crippen MR) is 121 cm³/mol. The number of rotatable bonds is 8. The second-order valence-corrected chi connectivity index (χ2v) is 8.48. The quantitative estimate of drug-likeness (QED) is 0.520. The summed E-state index contributed by atoms with van der Waals surface area (Å²) in [6.07, 6.45) is 1.84. The molecule has 0 bridgehead atoms. The molecule has 1 saturated carbocycles. The number of hydrogen-bond acceptors (Lipinski definition) is 5. The maximum atomic E-state index is 13.5. The van der Waals surface area contributed by atoms with E-state index in [4.69, 9.17) is 13.9 Å². The second-order valence-electron chi connectivity index (χ2n) is 8.48. The average molecular weight is 447 g/mol. The van der Waals surface area contributed by atoms with E-state index in [2.05, 4.69) is 0 Å². The number of ether oxygens (including phenoxy) is 2. The van der Waals surface area contributed by atoms with Crippen LogP contribution in [-0.4, -0.2) is 41.0 Å². The lowest BCUT2D eigenvalue weighted by molar-refractivity contribution is -0.133. The monoisotopic (exact) mass is 446 g/mol. The molecule has 7 heteroatoms. The Kier molecular flexibility index (Phi) is 5.77. The molecule has 1 fully saturated rings. The minimum Gasteiger partial charge on any atom is -0.464 e. The molecule has 0 unspecified atom stereocenters. The third kappa shape index (κ3) is 4.87. The standard InChI is InChI=1S/C26H26N2O5/c1-18-7-11-22(33-18)15-27(14-19-8-12-23-24(13-19)32-17-31-23)25(29)16-28(21-9-10-21)26(30)20-5-3-2-4-6-20/h2-8,11-13,21H,9-10,14-17H2,1H3. The summed E-state index contributed by atoms with van der Waals surface area (Å²) in [7, 11) is 0. The molecule has 0 saturated heterocycles. The summed E-state index contributed by atoms with van der Waals surface area (Å²) in [5.41, 5.74) is 1.52. The Morgan fingerprint density at radius 1 is 0.939 bits per heavy atom. The summed E-state index contributed by atoms with van der Waals surface area (Å²) >= 11 is 0. The van der Waals surface area contributed by atoms with Gasteiger partial charge in [0.05, 0.1) is 6.54 Å². The van der Waals surface area contributed by atoms with Crippen molar-refractivity contribution >= 4 is 11.8 Å². The van der Waals surface area contributed by atoms with E-state index in [1.807, 2.05) is 55.5 Å². The zero-order valence-corrected chi connectivity index (χ0v) is 18.5. The molecule has 2 amide bonds. The highest BCUT2D eigenvalue weighted by atomic mass is 16.7. The van der Waals surface area contributed by atoms with Gasteiger partial charge in [-0.3, -0.25) is 9.59 Å². The van der Waals surface area contributed by atoms with Crippen LogP contribution in [0.5, 0.6) is 11.5 Å². The first-order valence-electron chi connectivity index (χ1n) is 11.1. The number of benzene rings is 2. The molecule has 2 aliphatic rings. The molecule has 0 radical (unpaired) electrons. The molecule has 3 aromatic rings. The smallest absolute Gasteiger partial charge is 0.254 e. The highest BCUT2D eigenvalue weighted by Gasteiger charge is 2.35. The molecule has 2 aromatic carbocycles. The van der Waals surface area contributed by atoms with E-state index in [0.717, 1.165) is 24.2 Å². The lowest BCUT2D eigenvalue weighted by atomic mass is 10.1. The summed E-state index contributed by atoms with van der Waals surface area (Å²) in [5, 5.41) is 0. The van der Waals surface area contributed by atoms with Crippen LogP contribution in [0, 0.1) is 6.92 Å². The molecule has 0 N–H and O–H groups in total. The van der Waals surface area contributed by atoms with Gasteiger partial charge in [-0.1, -0.05) is 24.3 Å². The number of amides is 2. The van der Waals surface area contributed by atoms with Gasteiger partial charge in [-0.25, -0.2) is 0 Å². The van der Waals surface area contributed by atoms with Crippen molar-refractivity contribution in [2.24, 2.45) is 0 Å². The molecule has 5 rings (SSSR count). The second kappa shape index (κ2) is 9.02. The SMILES string of the molecule is Cc1ccc(CN(Cc2ccc3c(c2)OCO3)C(=O)CN(C(=O)c2ccccc2)C2CC2)o1. The Labute approximate surface area is 192 Å². The highest BCUT2D eigenvalue weighted by molar-refractivity contribution is 5.97. The molecule has 7 nitrogen and oxygen atoms in total. The van der Waals surface area contributed by atoms with E-state index in [1.54, 1.807) is 21.9 Å². The van der Waals surface area contributed by atoms with Crippen molar-refractivity contribution in [3.8, 4) is 11.5 Å². The Bertz CT molecular complexity index is 1150. The molecular formula is C26H26N2O5. The maximum Gasteiger partial charge on any atom is 0.254 e. The van der Waals surface area contributed by atoms with Crippen LogP contribution < -0.4 is 9.47 Å². The summed E-state index contributed by atoms with van der Waals surface area (Å²) in [6.45, 7) is 2.79. The van der Waals surface area contributed by atoms with Gasteiger partial charge in [-0.15, -0.1) is 0 Å². The molecule has 1 aromatic heterocycles. The lowest BCUT2D eigenvalue weighted by Crippen LogP contribution is -2.43. The van der Waals surface area contributed by atoms with Gasteiger partial charge < -0.3 is 23.7 Å². The van der Waals surface area contributed by atoms with Crippen LogP contribution in [0.3, 0.4) is 0 Å². The van der Waals surface area contributed by atoms with Gasteiger partial charge in [0.2, 0.25) is 12.7 Å². The normalized spacial score (nSPS) is 14.2. The molecule has 1 aliphatic carbocycles. The van der Waals surface area contributed by atoms with Crippen LogP contribution in [0.4, 0.5) is 0 Å². The highest BCUT2D eigenvalue weighted by Crippen LogP contribution is 2.33. The minimum atomic E-state index is -0.127. The van der Waals surface area contributed by atoms with Gasteiger partial charge in [0, 0.05) is 18.2 Å². The summed E-state index contributed by atoms with van der Waals surface area (Å²) in [6, 6.07) is 18.7. The molecular weight excluding hydrogens is 420 g/mol. The number of aryl methyl sites for hydroxylation is 1. The third-order valence-electron chi connectivity index (χ3n) is 5.88. The number of carbonyl (C=O) groups is 2. The van der Waals surface area contributed by atoms with Gasteiger partial charge in [0.15, 0.2) is 11.5 Å². The molecule has 1 aliphatic heterocycles. The van der Waals surface area contributed by atoms with Crippen LogP contribution in [0.15, 0.2) is 65.1 Å². The largest absolute Gasteiger partial charge is 0.464 e. The van der Waals surface area contributed by atoms with Crippen LogP contribution in [0.2, 0.25) is 0 Å². The first-order chi connectivity index (χ1) is 16.1. The molecule has 33 heavy (non-hydrogen) atoms. The van der Waals surface area contributed by atoms with Crippen LogP contribution in [0.1, 0.15) is 40.3 Å². The topological polar surface area (TPSA) is 72.2 Å². The molecule has 0 atom stereocenters. The average Bonchev–Trinajstić information content (AvgIpc) is 3.42. The Balaban J connectivity index is 1.36. The zero-order valence-electron chi connectivity index (χ0n) is 18.5. The fourth-order valence-electron chi connectivity index (χ4n) is 4.00. The number of carbonyl (C=O) groups excluding carboxylic acids is 2. The van der Waals surface area contributed by atoms with E-state index >= 15 is 0 Å². The van der Waals surface area contributed by atoms with E-state index in [-0.39, 0.29) is 31.2 Å². The van der Waals surface area contributed by atoms with Crippen molar-refractivity contribution < 1.29 is 23.5 Å². The number of hydrogen-bond donors (Lipinski definition) is 0. The van der Waals surface area contributed by atoms with Crippen molar-refractivity contribution in [1.82, 2.24) is 9.80 Å². The minimum absolute atomic E-state index is 0.0304. The van der Waals surface area contributed by atoms with Gasteiger partial charge in [-0.2, -0.15) is 0 Å². The Morgan fingerprint density at radius 3 is 2.45 bits per heavy atom. The number of furan rings is 1. The van der Waals surface area contributed by atoms with E-state index < -0.39 is 0 Å². The fourth-order valence-corrected chi connectivity index (χ4v) is 4.00. The van der Waals surface area contributed by atoms with Crippen molar-refractivity contribution in [3.05, 3.63) is 83.3 Å². The Morgan fingerprint density at radius 2 is 1.73 bits per heavy atom. The molecule has 2 heterocycles. The summed E-state index contributed by atoms with van der Waals surface area (Å²) in [5.74, 6) is 2.63. The zero-order chi connectivity index (χ0) is 22.8. The van der Waals surface area contributed by atoms with Gasteiger partial charge in [-0.05, 0) is 61.7 Å². The number of fused-ring (bicyclic) bond motifs is 1. The van der Waals surface area contributed by atoms with Crippen molar-refractivity contribution in [1.29, 1.82) is 0 Å². The van der Waals surface area contributed by atoms with E-state index in [1.165, 1.54) is 0 Å². The lowest BCUT2D eigenvalue weighted by Gasteiger charge is -2.27. The van der Waals surface area contributed by atoms with Gasteiger partial charge in [0.25, 0.3) is 5.91 Å². The first kappa shape index (κ1) is 21.1. The molecule has 0 spiro atoms. The first-order valence-corrected chi connectivity index (χ1v) is 11.1. The summed E-state index contributed by atoms with van der Waals surface area (Å²) < 4.78 is 16.6. The number of nitrogens with zero attached hydrogens (tertiary/aromatic N) is 2. The van der Waals surface area contributed by atoms with Crippen LogP contribution >= 0.6 is 0 Å². The van der Waals surface area contributed by atoms with Crippen LogP contribution in [-0.2, 0) is 17.9 Å². The fraction of sp³-hybridized carbons (Fsp3) is 0.308. The van der Waals surface area contributed by atoms with Crippen molar-refractivity contribution in [2.45, 2.75) is 38.9 Å². The van der Waals surface area contributed by atoms with E-state index in [9.17, 15) is 9.59 Å². The maximum absolute atomic E-state index is 13.5. The van der Waals surface area contributed by atoms with E-state index in [0.29, 0.717) is 35.9 Å². The van der Waals surface area contributed by atoms with Crippen molar-refractivity contribution in [2.75, 3.05) is 13.3 Å². The predicted octanol–water partition coefficient (Wildman–Crippen LogP) is 4.15. The molecule has 170 valence electrons. The van der Waals surface area contributed by atoms with Crippen molar-refractivity contribution in [3.63, 3.8) is 0 Å². The third-order valence-corrected chi connectivity index (χ3v) is 5.88. The van der Waals surface area contributed by atoms with Gasteiger partial charge in [0.1, 0.15) is 18.1 Å². The summed E-state index contributed by atoms with van der Waals surface area (Å²) in [4.78, 5) is 30.1. The Hall–Kier alpha value is -3.74. The van der Waals surface area contributed by atoms with Gasteiger partial charge >= 0.3 is 0 Å². The van der Waals surface area contributed by atoms with Crippen LogP contribution in [0.25, 0.3) is 0 Å².